The number of nitrogens with one attached hydrogen (secondary N) is 1. The zero-order valence-corrected chi connectivity index (χ0v) is 12.7. The van der Waals surface area contributed by atoms with Gasteiger partial charge in [-0.05, 0) is 30.5 Å². The molecule has 1 aliphatic rings. The number of benzene rings is 1. The summed E-state index contributed by atoms with van der Waals surface area (Å²) in [6.07, 6.45) is 2.67. The second-order valence-corrected chi connectivity index (χ2v) is 6.15. The van der Waals surface area contributed by atoms with E-state index in [1.165, 1.54) is 11.8 Å². The summed E-state index contributed by atoms with van der Waals surface area (Å²) >= 11 is 1.36. The molecule has 114 valence electrons. The van der Waals surface area contributed by atoms with Gasteiger partial charge in [0.25, 0.3) is 0 Å². The minimum absolute atomic E-state index is 0.196. The zero-order valence-electron chi connectivity index (χ0n) is 11.9. The van der Waals surface area contributed by atoms with Crippen LogP contribution in [0.4, 0.5) is 0 Å². The molecule has 0 spiro atoms. The number of thioether (sulfide) groups is 1. The molecule has 1 amide bonds. The maximum absolute atomic E-state index is 11.9. The van der Waals surface area contributed by atoms with E-state index in [1.807, 2.05) is 24.3 Å². The van der Waals surface area contributed by atoms with Crippen LogP contribution in [0, 0.1) is 5.92 Å². The van der Waals surface area contributed by atoms with Crippen LogP contribution < -0.4 is 10.1 Å². The fourth-order valence-corrected chi connectivity index (χ4v) is 2.74. The number of amides is 1. The molecule has 21 heavy (non-hydrogen) atoms. The van der Waals surface area contributed by atoms with Gasteiger partial charge in [0.2, 0.25) is 5.91 Å². The SMILES string of the molecule is COc1cccc(SCC(=O)NC(CC2CC2)C(=O)O)c1. The van der Waals surface area contributed by atoms with Crippen molar-refractivity contribution < 1.29 is 19.4 Å². The van der Waals surface area contributed by atoms with Crippen LogP contribution in [0.2, 0.25) is 0 Å². The van der Waals surface area contributed by atoms with Crippen LogP contribution in [0.15, 0.2) is 29.2 Å². The zero-order chi connectivity index (χ0) is 15.2. The first-order valence-corrected chi connectivity index (χ1v) is 7.86. The Morgan fingerprint density at radius 1 is 1.48 bits per heavy atom. The van der Waals surface area contributed by atoms with Gasteiger partial charge in [0.1, 0.15) is 11.8 Å². The summed E-state index contributed by atoms with van der Waals surface area (Å²) in [7, 11) is 1.59. The lowest BCUT2D eigenvalue weighted by atomic mass is 10.1. The number of carboxylic acids is 1. The highest BCUT2D eigenvalue weighted by Crippen LogP contribution is 2.33. The molecule has 1 aromatic carbocycles. The Balaban J connectivity index is 1.81. The van der Waals surface area contributed by atoms with Crippen molar-refractivity contribution in [3.05, 3.63) is 24.3 Å². The quantitative estimate of drug-likeness (QED) is 0.720. The number of carbonyl (C=O) groups excluding carboxylic acids is 1. The van der Waals surface area contributed by atoms with Gasteiger partial charge < -0.3 is 15.2 Å². The molecule has 1 unspecified atom stereocenters. The molecule has 2 rings (SSSR count). The molecule has 6 heteroatoms. The second-order valence-electron chi connectivity index (χ2n) is 5.11. The summed E-state index contributed by atoms with van der Waals surface area (Å²) in [6, 6.07) is 6.65. The number of carboxylic acid groups (broad SMARTS) is 1. The van der Waals surface area contributed by atoms with Gasteiger partial charge in [-0.1, -0.05) is 18.9 Å². The van der Waals surface area contributed by atoms with Crippen molar-refractivity contribution in [2.45, 2.75) is 30.2 Å². The van der Waals surface area contributed by atoms with Crippen molar-refractivity contribution >= 4 is 23.6 Å². The number of hydrogen-bond donors (Lipinski definition) is 2. The maximum atomic E-state index is 11.9. The minimum Gasteiger partial charge on any atom is -0.497 e. The van der Waals surface area contributed by atoms with Gasteiger partial charge in [0, 0.05) is 4.90 Å². The van der Waals surface area contributed by atoms with E-state index in [1.54, 1.807) is 7.11 Å². The average Bonchev–Trinajstić information content (AvgIpc) is 3.28. The van der Waals surface area contributed by atoms with Crippen molar-refractivity contribution in [1.82, 2.24) is 5.32 Å². The third-order valence-corrected chi connectivity index (χ3v) is 4.30. The second kappa shape index (κ2) is 7.36. The molecule has 1 aliphatic carbocycles. The number of ether oxygens (including phenoxy) is 1. The smallest absolute Gasteiger partial charge is 0.326 e. The van der Waals surface area contributed by atoms with Gasteiger partial charge in [-0.3, -0.25) is 4.79 Å². The lowest BCUT2D eigenvalue weighted by Gasteiger charge is -2.14. The Hall–Kier alpha value is -1.69. The van der Waals surface area contributed by atoms with Gasteiger partial charge in [0.15, 0.2) is 0 Å². The fourth-order valence-electron chi connectivity index (χ4n) is 1.98. The predicted octanol–water partition coefficient (Wildman–Crippen LogP) is 2.16. The number of carbonyl (C=O) groups is 2. The minimum atomic E-state index is -0.957. The third-order valence-electron chi connectivity index (χ3n) is 3.31. The molecule has 0 aromatic heterocycles. The molecule has 0 radical (unpaired) electrons. The van der Waals surface area contributed by atoms with E-state index in [4.69, 9.17) is 9.84 Å². The Labute approximate surface area is 128 Å². The van der Waals surface area contributed by atoms with E-state index in [0.29, 0.717) is 12.3 Å². The van der Waals surface area contributed by atoms with Gasteiger partial charge in [-0.2, -0.15) is 0 Å². The van der Waals surface area contributed by atoms with E-state index < -0.39 is 12.0 Å². The standard InChI is InChI=1S/C15H19NO4S/c1-20-11-3-2-4-12(8-11)21-9-14(17)16-13(15(18)19)7-10-5-6-10/h2-4,8,10,13H,5-7,9H2,1H3,(H,16,17)(H,18,19). The monoisotopic (exact) mass is 309 g/mol. The third kappa shape index (κ3) is 5.30. The first kappa shape index (κ1) is 15.7. The van der Waals surface area contributed by atoms with E-state index in [-0.39, 0.29) is 11.7 Å². The Bertz CT molecular complexity index is 516. The number of aliphatic carboxylic acids is 1. The molecule has 2 N–H and O–H groups in total. The first-order valence-electron chi connectivity index (χ1n) is 6.87. The first-order chi connectivity index (χ1) is 10.1. The molecule has 1 fully saturated rings. The summed E-state index contributed by atoms with van der Waals surface area (Å²) in [5.74, 6) is 0.175. The van der Waals surface area contributed by atoms with Crippen LogP contribution in [0.5, 0.6) is 5.75 Å². The largest absolute Gasteiger partial charge is 0.497 e. The summed E-state index contributed by atoms with van der Waals surface area (Å²) in [5.41, 5.74) is 0. The van der Waals surface area contributed by atoms with Crippen LogP contribution in [-0.4, -0.2) is 35.9 Å². The summed E-state index contributed by atoms with van der Waals surface area (Å²) in [4.78, 5) is 23.9. The van der Waals surface area contributed by atoms with Crippen LogP contribution in [0.25, 0.3) is 0 Å². The molecule has 0 bridgehead atoms. The Kier molecular flexibility index (Phi) is 5.50. The van der Waals surface area contributed by atoms with Crippen LogP contribution in [-0.2, 0) is 9.59 Å². The van der Waals surface area contributed by atoms with Crippen LogP contribution >= 0.6 is 11.8 Å². The highest BCUT2D eigenvalue weighted by atomic mass is 32.2. The predicted molar refractivity (Wildman–Crippen MR) is 80.6 cm³/mol. The van der Waals surface area contributed by atoms with Crippen molar-refractivity contribution in [3.63, 3.8) is 0 Å². The van der Waals surface area contributed by atoms with Crippen LogP contribution in [0.1, 0.15) is 19.3 Å². The van der Waals surface area contributed by atoms with E-state index in [2.05, 4.69) is 5.32 Å². The van der Waals surface area contributed by atoms with Crippen molar-refractivity contribution in [2.75, 3.05) is 12.9 Å². The molecule has 1 saturated carbocycles. The lowest BCUT2D eigenvalue weighted by Crippen LogP contribution is -2.41. The Morgan fingerprint density at radius 2 is 2.24 bits per heavy atom. The van der Waals surface area contributed by atoms with E-state index >= 15 is 0 Å². The number of hydrogen-bond acceptors (Lipinski definition) is 4. The molecular formula is C15H19NO4S. The molecule has 1 aromatic rings. The Morgan fingerprint density at radius 3 is 2.86 bits per heavy atom. The normalized spacial score (nSPS) is 15.3. The highest BCUT2D eigenvalue weighted by molar-refractivity contribution is 8.00. The van der Waals surface area contributed by atoms with Crippen molar-refractivity contribution in [2.24, 2.45) is 5.92 Å². The summed E-state index contributed by atoms with van der Waals surface area (Å²) in [6.45, 7) is 0. The number of methoxy groups -OCH3 is 1. The fraction of sp³-hybridized carbons (Fsp3) is 0.467. The molecular weight excluding hydrogens is 290 g/mol. The lowest BCUT2D eigenvalue weighted by molar-refractivity contribution is -0.141. The highest BCUT2D eigenvalue weighted by Gasteiger charge is 2.30. The van der Waals surface area contributed by atoms with Gasteiger partial charge in [-0.25, -0.2) is 4.79 Å². The van der Waals surface area contributed by atoms with Gasteiger partial charge in [-0.15, -0.1) is 11.8 Å². The number of rotatable bonds is 8. The van der Waals surface area contributed by atoms with E-state index in [0.717, 1.165) is 23.5 Å². The summed E-state index contributed by atoms with van der Waals surface area (Å²) in [5, 5.41) is 11.7. The molecule has 5 nitrogen and oxygen atoms in total. The molecule has 0 aliphatic heterocycles. The molecule has 0 saturated heterocycles. The van der Waals surface area contributed by atoms with Crippen molar-refractivity contribution in [1.29, 1.82) is 0 Å². The average molecular weight is 309 g/mol. The summed E-state index contributed by atoms with van der Waals surface area (Å²) < 4.78 is 5.12. The van der Waals surface area contributed by atoms with Gasteiger partial charge in [0.05, 0.1) is 12.9 Å². The maximum Gasteiger partial charge on any atom is 0.326 e. The molecule has 1 atom stereocenters. The van der Waals surface area contributed by atoms with Crippen molar-refractivity contribution in [3.8, 4) is 5.75 Å². The van der Waals surface area contributed by atoms with E-state index in [9.17, 15) is 9.59 Å². The topological polar surface area (TPSA) is 75.6 Å². The van der Waals surface area contributed by atoms with Crippen LogP contribution in [0.3, 0.4) is 0 Å². The molecule has 0 heterocycles. The van der Waals surface area contributed by atoms with Gasteiger partial charge >= 0.3 is 5.97 Å².